The zero-order valence-corrected chi connectivity index (χ0v) is 9.67. The molecule has 4 nitrogen and oxygen atoms in total. The van der Waals surface area contributed by atoms with Crippen LogP contribution in [0, 0.1) is 0 Å². The van der Waals surface area contributed by atoms with Gasteiger partial charge in [0, 0.05) is 10.0 Å². The number of carbonyl (C=O) groups excluding carboxylic acids is 1. The second-order valence-electron chi connectivity index (χ2n) is 3.08. The van der Waals surface area contributed by atoms with Crippen molar-refractivity contribution in [3.8, 4) is 0 Å². The van der Waals surface area contributed by atoms with Gasteiger partial charge in [-0.2, -0.15) is 0 Å². The molecule has 78 valence electrons. The van der Waals surface area contributed by atoms with E-state index in [0.717, 1.165) is 21.1 Å². The van der Waals surface area contributed by atoms with Gasteiger partial charge in [0.05, 0.1) is 30.9 Å². The average molecular weight is 269 g/mol. The smallest absolute Gasteiger partial charge is 0.310 e. The minimum absolute atomic E-state index is 0.222. The SMILES string of the molecule is COC(=O)Cc1c(Br)ccc2[nH]cnc12. The Morgan fingerprint density at radius 1 is 1.60 bits per heavy atom. The predicted molar refractivity (Wildman–Crippen MR) is 59.5 cm³/mol. The summed E-state index contributed by atoms with van der Waals surface area (Å²) in [6.45, 7) is 0. The third-order valence-corrected chi connectivity index (χ3v) is 2.93. The molecule has 2 aromatic rings. The summed E-state index contributed by atoms with van der Waals surface area (Å²) in [5.41, 5.74) is 2.56. The van der Waals surface area contributed by atoms with Crippen LogP contribution in [-0.2, 0) is 16.0 Å². The number of fused-ring (bicyclic) bond motifs is 1. The Hall–Kier alpha value is -1.36. The molecule has 0 spiro atoms. The van der Waals surface area contributed by atoms with Gasteiger partial charge in [-0.15, -0.1) is 0 Å². The molecule has 1 aromatic heterocycles. The van der Waals surface area contributed by atoms with Gasteiger partial charge in [-0.3, -0.25) is 4.79 Å². The Balaban J connectivity index is 2.51. The van der Waals surface area contributed by atoms with Crippen molar-refractivity contribution in [3.05, 3.63) is 28.5 Å². The van der Waals surface area contributed by atoms with Gasteiger partial charge in [0.1, 0.15) is 0 Å². The number of rotatable bonds is 2. The number of imidazole rings is 1. The van der Waals surface area contributed by atoms with E-state index in [4.69, 9.17) is 0 Å². The van der Waals surface area contributed by atoms with E-state index >= 15 is 0 Å². The van der Waals surface area contributed by atoms with Crippen LogP contribution < -0.4 is 0 Å². The average Bonchev–Trinajstić information content (AvgIpc) is 2.70. The first kappa shape index (κ1) is 10.2. The molecule has 15 heavy (non-hydrogen) atoms. The number of ether oxygens (including phenoxy) is 1. The summed E-state index contributed by atoms with van der Waals surface area (Å²) in [4.78, 5) is 18.4. The lowest BCUT2D eigenvalue weighted by molar-refractivity contribution is -0.139. The van der Waals surface area contributed by atoms with Gasteiger partial charge in [-0.1, -0.05) is 15.9 Å². The van der Waals surface area contributed by atoms with Gasteiger partial charge in [-0.05, 0) is 12.1 Å². The highest BCUT2D eigenvalue weighted by Gasteiger charge is 2.12. The van der Waals surface area contributed by atoms with Crippen molar-refractivity contribution in [1.82, 2.24) is 9.97 Å². The molecule has 5 heteroatoms. The maximum absolute atomic E-state index is 11.2. The Labute approximate surface area is 94.8 Å². The van der Waals surface area contributed by atoms with Gasteiger partial charge < -0.3 is 9.72 Å². The number of carbonyl (C=O) groups is 1. The molecule has 2 rings (SSSR count). The largest absolute Gasteiger partial charge is 0.469 e. The van der Waals surface area contributed by atoms with Gasteiger partial charge in [0.2, 0.25) is 0 Å². The summed E-state index contributed by atoms with van der Waals surface area (Å²) in [5.74, 6) is -0.272. The van der Waals surface area contributed by atoms with Crippen LogP contribution in [0.15, 0.2) is 22.9 Å². The molecule has 1 heterocycles. The van der Waals surface area contributed by atoms with Crippen molar-refractivity contribution in [3.63, 3.8) is 0 Å². The second-order valence-corrected chi connectivity index (χ2v) is 3.93. The van der Waals surface area contributed by atoms with Crippen LogP contribution in [0.4, 0.5) is 0 Å². The van der Waals surface area contributed by atoms with Crippen LogP contribution in [0.1, 0.15) is 5.56 Å². The number of esters is 1. The molecular weight excluding hydrogens is 260 g/mol. The van der Waals surface area contributed by atoms with Crippen molar-refractivity contribution >= 4 is 32.9 Å². The van der Waals surface area contributed by atoms with E-state index in [-0.39, 0.29) is 12.4 Å². The van der Waals surface area contributed by atoms with E-state index in [2.05, 4.69) is 30.6 Å². The van der Waals surface area contributed by atoms with Gasteiger partial charge >= 0.3 is 5.97 Å². The number of hydrogen-bond donors (Lipinski definition) is 1. The molecular formula is C10H9BrN2O2. The Bertz CT molecular complexity index is 507. The van der Waals surface area contributed by atoms with E-state index in [1.807, 2.05) is 12.1 Å². The molecule has 1 N–H and O–H groups in total. The number of halogens is 1. The number of aromatic nitrogens is 2. The maximum Gasteiger partial charge on any atom is 0.310 e. The third kappa shape index (κ3) is 1.87. The van der Waals surface area contributed by atoms with Crippen LogP contribution >= 0.6 is 15.9 Å². The van der Waals surface area contributed by atoms with Gasteiger partial charge in [0.25, 0.3) is 0 Å². The lowest BCUT2D eigenvalue weighted by Gasteiger charge is -2.03. The predicted octanol–water partition coefficient (Wildman–Crippen LogP) is 2.04. The van der Waals surface area contributed by atoms with E-state index in [9.17, 15) is 4.79 Å². The summed E-state index contributed by atoms with van der Waals surface area (Å²) in [7, 11) is 1.38. The first-order valence-electron chi connectivity index (χ1n) is 4.39. The van der Waals surface area contributed by atoms with E-state index in [0.29, 0.717) is 0 Å². The Kier molecular flexibility index (Phi) is 2.73. The number of benzene rings is 1. The molecule has 0 unspecified atom stereocenters. The van der Waals surface area contributed by atoms with Crippen LogP contribution in [0.2, 0.25) is 0 Å². The quantitative estimate of drug-likeness (QED) is 0.849. The Morgan fingerprint density at radius 2 is 2.40 bits per heavy atom. The van der Waals surface area contributed by atoms with Crippen LogP contribution in [0.5, 0.6) is 0 Å². The second kappa shape index (κ2) is 4.02. The third-order valence-electron chi connectivity index (χ3n) is 2.19. The lowest BCUT2D eigenvalue weighted by Crippen LogP contribution is -2.05. The molecule has 0 radical (unpaired) electrons. The van der Waals surface area contributed by atoms with Crippen LogP contribution in [-0.4, -0.2) is 23.0 Å². The zero-order valence-electron chi connectivity index (χ0n) is 8.08. The van der Waals surface area contributed by atoms with Crippen molar-refractivity contribution in [2.75, 3.05) is 7.11 Å². The van der Waals surface area contributed by atoms with Crippen molar-refractivity contribution in [1.29, 1.82) is 0 Å². The Morgan fingerprint density at radius 3 is 3.13 bits per heavy atom. The molecule has 0 fully saturated rings. The maximum atomic E-state index is 11.2. The van der Waals surface area contributed by atoms with E-state index < -0.39 is 0 Å². The topological polar surface area (TPSA) is 55.0 Å². The number of methoxy groups -OCH3 is 1. The molecule has 0 atom stereocenters. The number of aromatic amines is 1. The van der Waals surface area contributed by atoms with E-state index in [1.54, 1.807) is 6.33 Å². The van der Waals surface area contributed by atoms with Crippen LogP contribution in [0.3, 0.4) is 0 Å². The highest BCUT2D eigenvalue weighted by atomic mass is 79.9. The molecule has 0 bridgehead atoms. The molecule has 0 saturated heterocycles. The molecule has 0 saturated carbocycles. The van der Waals surface area contributed by atoms with E-state index in [1.165, 1.54) is 7.11 Å². The minimum Gasteiger partial charge on any atom is -0.469 e. The van der Waals surface area contributed by atoms with Crippen molar-refractivity contribution < 1.29 is 9.53 Å². The fourth-order valence-corrected chi connectivity index (χ4v) is 1.89. The van der Waals surface area contributed by atoms with Gasteiger partial charge in [0.15, 0.2) is 0 Å². The number of H-pyrrole nitrogens is 1. The molecule has 0 aliphatic rings. The monoisotopic (exact) mass is 268 g/mol. The fourth-order valence-electron chi connectivity index (χ4n) is 1.43. The number of hydrogen-bond acceptors (Lipinski definition) is 3. The molecule has 0 aliphatic heterocycles. The first-order chi connectivity index (χ1) is 7.22. The summed E-state index contributed by atoms with van der Waals surface area (Å²) in [6.07, 6.45) is 1.83. The van der Waals surface area contributed by atoms with Crippen molar-refractivity contribution in [2.45, 2.75) is 6.42 Å². The zero-order chi connectivity index (χ0) is 10.8. The summed E-state index contributed by atoms with van der Waals surface area (Å²) >= 11 is 3.40. The molecule has 0 amide bonds. The standard InChI is InChI=1S/C10H9BrN2O2/c1-15-9(14)4-6-7(11)2-3-8-10(6)13-5-12-8/h2-3,5H,4H2,1H3,(H,12,13). The highest BCUT2D eigenvalue weighted by Crippen LogP contribution is 2.24. The van der Waals surface area contributed by atoms with Crippen molar-refractivity contribution in [2.24, 2.45) is 0 Å². The lowest BCUT2D eigenvalue weighted by atomic mass is 10.1. The summed E-state index contributed by atoms with van der Waals surface area (Å²) in [5, 5.41) is 0. The van der Waals surface area contributed by atoms with Crippen LogP contribution in [0.25, 0.3) is 11.0 Å². The summed E-state index contributed by atoms with van der Waals surface area (Å²) in [6, 6.07) is 3.80. The molecule has 1 aromatic carbocycles. The highest BCUT2D eigenvalue weighted by molar-refractivity contribution is 9.10. The normalized spacial score (nSPS) is 10.5. The minimum atomic E-state index is -0.272. The molecule has 0 aliphatic carbocycles. The first-order valence-corrected chi connectivity index (χ1v) is 5.19. The number of nitrogens with one attached hydrogen (secondary N) is 1. The summed E-state index contributed by atoms with van der Waals surface area (Å²) < 4.78 is 5.50. The van der Waals surface area contributed by atoms with Gasteiger partial charge in [-0.25, -0.2) is 4.98 Å². The number of nitrogens with zero attached hydrogens (tertiary/aromatic N) is 1. The fraction of sp³-hybridized carbons (Fsp3) is 0.200.